The van der Waals surface area contributed by atoms with Gasteiger partial charge in [-0.05, 0) is 24.1 Å². The minimum absolute atomic E-state index is 0.0872. The molecule has 5 nitrogen and oxygen atoms in total. The summed E-state index contributed by atoms with van der Waals surface area (Å²) < 4.78 is 11.0. The molecule has 1 aliphatic heterocycles. The van der Waals surface area contributed by atoms with E-state index >= 15 is 0 Å². The Hall–Kier alpha value is -2.40. The molecule has 2 aromatic carbocycles. The van der Waals surface area contributed by atoms with Crippen LogP contribution in [0.3, 0.4) is 0 Å². The molecule has 1 heterocycles. The first kappa shape index (κ1) is 16.5. The van der Waals surface area contributed by atoms with Crippen LogP contribution in [-0.4, -0.2) is 25.8 Å². The molecule has 3 rings (SSSR count). The zero-order valence-electron chi connectivity index (χ0n) is 13.3. The Kier molecular flexibility index (Phi) is 5.11. The standard InChI is InChI=1S/C18H19ClN2O3/c1-23-16-8-4-6-12-9-14(11-24-17(12)16)21-18(22)20-10-13-5-2-3-7-15(13)19/h2-8,14H,9-11H2,1H3,(H2,20,21,22). The van der Waals surface area contributed by atoms with Gasteiger partial charge in [-0.2, -0.15) is 0 Å². The highest BCUT2D eigenvalue weighted by Crippen LogP contribution is 2.34. The molecule has 1 aliphatic rings. The van der Waals surface area contributed by atoms with Crippen LogP contribution in [-0.2, 0) is 13.0 Å². The second-order valence-corrected chi connectivity index (χ2v) is 5.99. The molecule has 2 aromatic rings. The molecule has 2 N–H and O–H groups in total. The number of methoxy groups -OCH3 is 1. The Morgan fingerprint density at radius 1 is 1.29 bits per heavy atom. The van der Waals surface area contributed by atoms with Crippen LogP contribution in [0.2, 0.25) is 5.02 Å². The van der Waals surface area contributed by atoms with Crippen molar-refractivity contribution in [2.75, 3.05) is 13.7 Å². The van der Waals surface area contributed by atoms with Crippen molar-refractivity contribution in [3.8, 4) is 11.5 Å². The second kappa shape index (κ2) is 7.45. The van der Waals surface area contributed by atoms with E-state index < -0.39 is 0 Å². The van der Waals surface area contributed by atoms with Gasteiger partial charge in [-0.1, -0.05) is 41.9 Å². The third-order valence-corrected chi connectivity index (χ3v) is 4.28. The Morgan fingerprint density at radius 3 is 2.92 bits per heavy atom. The highest BCUT2D eigenvalue weighted by molar-refractivity contribution is 6.31. The molecule has 0 aromatic heterocycles. The molecule has 2 amide bonds. The van der Waals surface area contributed by atoms with Crippen LogP contribution in [0.15, 0.2) is 42.5 Å². The monoisotopic (exact) mass is 346 g/mol. The van der Waals surface area contributed by atoms with Crippen LogP contribution < -0.4 is 20.1 Å². The van der Waals surface area contributed by atoms with Crippen LogP contribution in [0.1, 0.15) is 11.1 Å². The van der Waals surface area contributed by atoms with Crippen LogP contribution in [0.4, 0.5) is 4.79 Å². The number of amides is 2. The fourth-order valence-electron chi connectivity index (χ4n) is 2.70. The zero-order valence-corrected chi connectivity index (χ0v) is 14.1. The molecule has 0 aliphatic carbocycles. The number of hydrogen-bond donors (Lipinski definition) is 2. The molecule has 0 spiro atoms. The Labute approximate surface area is 145 Å². The van der Waals surface area contributed by atoms with E-state index in [1.165, 1.54) is 0 Å². The Balaban J connectivity index is 1.55. The van der Waals surface area contributed by atoms with Gasteiger partial charge in [-0.25, -0.2) is 4.79 Å². The lowest BCUT2D eigenvalue weighted by molar-refractivity contribution is 0.210. The first-order chi connectivity index (χ1) is 11.7. The SMILES string of the molecule is COc1cccc2c1OCC(NC(=O)NCc1ccccc1Cl)C2. The molecular weight excluding hydrogens is 328 g/mol. The number of para-hydroxylation sites is 1. The summed E-state index contributed by atoms with van der Waals surface area (Å²) in [6.45, 7) is 0.788. The summed E-state index contributed by atoms with van der Waals surface area (Å²) in [4.78, 5) is 12.1. The zero-order chi connectivity index (χ0) is 16.9. The summed E-state index contributed by atoms with van der Waals surface area (Å²) in [7, 11) is 1.62. The highest BCUT2D eigenvalue weighted by Gasteiger charge is 2.23. The molecule has 0 saturated heterocycles. The summed E-state index contributed by atoms with van der Waals surface area (Å²) in [5, 5.41) is 6.39. The number of halogens is 1. The van der Waals surface area contributed by atoms with Crippen LogP contribution in [0, 0.1) is 0 Å². The summed E-state index contributed by atoms with van der Waals surface area (Å²) in [5.41, 5.74) is 1.90. The van der Waals surface area contributed by atoms with Gasteiger partial charge in [0.2, 0.25) is 0 Å². The van der Waals surface area contributed by atoms with E-state index in [9.17, 15) is 4.79 Å². The minimum atomic E-state index is -0.241. The maximum atomic E-state index is 12.1. The van der Waals surface area contributed by atoms with Crippen molar-refractivity contribution in [3.05, 3.63) is 58.6 Å². The number of fused-ring (bicyclic) bond motifs is 1. The van der Waals surface area contributed by atoms with E-state index in [0.717, 1.165) is 16.9 Å². The van der Waals surface area contributed by atoms with Gasteiger partial charge in [0.05, 0.1) is 13.2 Å². The van der Waals surface area contributed by atoms with Crippen molar-refractivity contribution >= 4 is 17.6 Å². The lowest BCUT2D eigenvalue weighted by Gasteiger charge is -2.27. The van der Waals surface area contributed by atoms with Crippen molar-refractivity contribution in [2.24, 2.45) is 0 Å². The van der Waals surface area contributed by atoms with Gasteiger partial charge in [-0.3, -0.25) is 0 Å². The molecular formula is C18H19ClN2O3. The smallest absolute Gasteiger partial charge is 0.315 e. The molecule has 0 saturated carbocycles. The van der Waals surface area contributed by atoms with Gasteiger partial charge in [-0.15, -0.1) is 0 Å². The van der Waals surface area contributed by atoms with Crippen LogP contribution >= 0.6 is 11.6 Å². The number of benzene rings is 2. The van der Waals surface area contributed by atoms with E-state index in [2.05, 4.69) is 10.6 Å². The quantitative estimate of drug-likeness (QED) is 0.894. The summed E-state index contributed by atoms with van der Waals surface area (Å²) in [5.74, 6) is 1.48. The molecule has 24 heavy (non-hydrogen) atoms. The number of ether oxygens (including phenoxy) is 2. The van der Waals surface area contributed by atoms with Crippen LogP contribution in [0.25, 0.3) is 0 Å². The van der Waals surface area contributed by atoms with Gasteiger partial charge in [0, 0.05) is 17.1 Å². The first-order valence-electron chi connectivity index (χ1n) is 7.74. The first-order valence-corrected chi connectivity index (χ1v) is 8.11. The van der Waals surface area contributed by atoms with Crippen molar-refractivity contribution < 1.29 is 14.3 Å². The van der Waals surface area contributed by atoms with Crippen molar-refractivity contribution in [1.82, 2.24) is 10.6 Å². The lowest BCUT2D eigenvalue weighted by Crippen LogP contribution is -2.47. The highest BCUT2D eigenvalue weighted by atomic mass is 35.5. The van der Waals surface area contributed by atoms with Gasteiger partial charge in [0.15, 0.2) is 11.5 Å². The van der Waals surface area contributed by atoms with E-state index in [1.807, 2.05) is 36.4 Å². The molecule has 0 radical (unpaired) electrons. The number of nitrogens with one attached hydrogen (secondary N) is 2. The third-order valence-electron chi connectivity index (χ3n) is 3.91. The van der Waals surface area contributed by atoms with E-state index in [0.29, 0.717) is 30.3 Å². The van der Waals surface area contributed by atoms with Gasteiger partial charge < -0.3 is 20.1 Å². The fraction of sp³-hybridized carbons (Fsp3) is 0.278. The number of hydrogen-bond acceptors (Lipinski definition) is 3. The molecule has 1 unspecified atom stereocenters. The topological polar surface area (TPSA) is 59.6 Å². The maximum Gasteiger partial charge on any atom is 0.315 e. The average molecular weight is 347 g/mol. The van der Waals surface area contributed by atoms with Gasteiger partial charge in [0.1, 0.15) is 6.61 Å². The largest absolute Gasteiger partial charge is 0.493 e. The average Bonchev–Trinajstić information content (AvgIpc) is 2.60. The van der Waals surface area contributed by atoms with E-state index in [1.54, 1.807) is 13.2 Å². The predicted molar refractivity (Wildman–Crippen MR) is 92.8 cm³/mol. The van der Waals surface area contributed by atoms with Gasteiger partial charge >= 0.3 is 6.03 Å². The minimum Gasteiger partial charge on any atom is -0.493 e. The number of carbonyl (C=O) groups is 1. The van der Waals surface area contributed by atoms with Gasteiger partial charge in [0.25, 0.3) is 0 Å². The summed E-state index contributed by atoms with van der Waals surface area (Å²) in [6, 6.07) is 12.9. The second-order valence-electron chi connectivity index (χ2n) is 5.58. The summed E-state index contributed by atoms with van der Waals surface area (Å²) in [6.07, 6.45) is 0.700. The molecule has 0 bridgehead atoms. The molecule has 6 heteroatoms. The predicted octanol–water partition coefficient (Wildman–Crippen LogP) is 3.15. The van der Waals surface area contributed by atoms with Crippen molar-refractivity contribution in [3.63, 3.8) is 0 Å². The van der Waals surface area contributed by atoms with E-state index in [4.69, 9.17) is 21.1 Å². The van der Waals surface area contributed by atoms with Crippen molar-refractivity contribution in [1.29, 1.82) is 0 Å². The Morgan fingerprint density at radius 2 is 2.12 bits per heavy atom. The number of carbonyl (C=O) groups excluding carboxylic acids is 1. The van der Waals surface area contributed by atoms with Crippen molar-refractivity contribution in [2.45, 2.75) is 19.0 Å². The Bertz CT molecular complexity index is 736. The summed E-state index contributed by atoms with van der Waals surface area (Å²) >= 11 is 6.08. The number of rotatable bonds is 4. The van der Waals surface area contributed by atoms with E-state index in [-0.39, 0.29) is 12.1 Å². The fourth-order valence-corrected chi connectivity index (χ4v) is 2.90. The third kappa shape index (κ3) is 3.74. The molecule has 126 valence electrons. The van der Waals surface area contributed by atoms with Crippen LogP contribution in [0.5, 0.6) is 11.5 Å². The molecule has 1 atom stereocenters. The maximum absolute atomic E-state index is 12.1. The normalized spacial score (nSPS) is 15.8. The lowest BCUT2D eigenvalue weighted by atomic mass is 10.0. The number of urea groups is 1. The molecule has 0 fully saturated rings.